The molecule has 0 amide bonds. The van der Waals surface area contributed by atoms with Gasteiger partial charge in [-0.3, -0.25) is 10.1 Å². The summed E-state index contributed by atoms with van der Waals surface area (Å²) in [7, 11) is -3.93. The second-order valence-electron chi connectivity index (χ2n) is 8.51. The van der Waals surface area contributed by atoms with E-state index in [0.717, 1.165) is 28.6 Å². The van der Waals surface area contributed by atoms with Crippen LogP contribution in [0.15, 0.2) is 47.6 Å². The summed E-state index contributed by atoms with van der Waals surface area (Å²) in [5, 5.41) is 23.4. The van der Waals surface area contributed by atoms with Gasteiger partial charge in [-0.2, -0.15) is 0 Å². The molecule has 1 fully saturated rings. The van der Waals surface area contributed by atoms with Crippen LogP contribution in [0.3, 0.4) is 0 Å². The standard InChI is InChI=1S/C21H25N5O5S/c1-15-3-5-16(6-4-15)32(30,31)25-10-7-17-19(18(26(28)29)13-22-20(17)25)23-24-11-8-21(2,14-27)9-12-24/h3-7,10,13,27H,8-9,11-12,14H2,1-2H3,(H,22,23). The minimum absolute atomic E-state index is 0.0835. The van der Waals surface area contributed by atoms with E-state index in [9.17, 15) is 23.6 Å². The summed E-state index contributed by atoms with van der Waals surface area (Å²) < 4.78 is 27.4. The van der Waals surface area contributed by atoms with E-state index >= 15 is 0 Å². The van der Waals surface area contributed by atoms with Gasteiger partial charge < -0.3 is 10.5 Å². The number of pyridine rings is 1. The van der Waals surface area contributed by atoms with Crippen LogP contribution in [0.4, 0.5) is 11.4 Å². The Morgan fingerprint density at radius 2 is 1.88 bits per heavy atom. The quantitative estimate of drug-likeness (QED) is 0.425. The fraction of sp³-hybridized carbons (Fsp3) is 0.381. The van der Waals surface area contributed by atoms with Gasteiger partial charge >= 0.3 is 5.69 Å². The van der Waals surface area contributed by atoms with Gasteiger partial charge in [-0.15, -0.1) is 0 Å². The Bertz CT molecular complexity index is 1260. The number of hydrazine groups is 1. The Hall–Kier alpha value is -3.02. The third-order valence-corrected chi connectivity index (χ3v) is 7.74. The molecule has 11 heteroatoms. The van der Waals surface area contributed by atoms with Crippen molar-refractivity contribution in [1.82, 2.24) is 14.0 Å². The summed E-state index contributed by atoms with van der Waals surface area (Å²) in [6.45, 7) is 5.12. The van der Waals surface area contributed by atoms with Crippen LogP contribution in [0.2, 0.25) is 0 Å². The number of nitrogens with one attached hydrogen (secondary N) is 1. The number of hydrogen-bond donors (Lipinski definition) is 2. The van der Waals surface area contributed by atoms with E-state index in [1.54, 1.807) is 12.1 Å². The van der Waals surface area contributed by atoms with Crippen LogP contribution in [-0.4, -0.2) is 52.1 Å². The molecule has 10 nitrogen and oxygen atoms in total. The minimum Gasteiger partial charge on any atom is -0.396 e. The second-order valence-corrected chi connectivity index (χ2v) is 10.3. The second kappa shape index (κ2) is 8.15. The molecule has 0 radical (unpaired) electrons. The number of nitro groups is 1. The number of benzene rings is 1. The van der Waals surface area contributed by atoms with Crippen LogP contribution < -0.4 is 5.43 Å². The average molecular weight is 460 g/mol. The predicted molar refractivity (Wildman–Crippen MR) is 120 cm³/mol. The van der Waals surface area contributed by atoms with Gasteiger partial charge in [-0.1, -0.05) is 24.6 Å². The zero-order valence-electron chi connectivity index (χ0n) is 17.9. The van der Waals surface area contributed by atoms with Gasteiger partial charge in [0.15, 0.2) is 5.65 Å². The van der Waals surface area contributed by atoms with Gasteiger partial charge in [0.05, 0.1) is 15.2 Å². The Balaban J connectivity index is 1.75. The van der Waals surface area contributed by atoms with E-state index in [-0.39, 0.29) is 33.9 Å². The lowest BCUT2D eigenvalue weighted by Crippen LogP contribution is -2.43. The summed E-state index contributed by atoms with van der Waals surface area (Å²) in [6, 6.07) is 7.98. The highest BCUT2D eigenvalue weighted by Crippen LogP contribution is 2.36. The average Bonchev–Trinajstić information content (AvgIpc) is 3.21. The lowest BCUT2D eigenvalue weighted by Gasteiger charge is -2.38. The summed E-state index contributed by atoms with van der Waals surface area (Å²) in [6.07, 6.45) is 3.89. The molecule has 2 N–H and O–H groups in total. The number of nitrogens with zero attached hydrogens (tertiary/aromatic N) is 4. The number of anilines is 1. The molecular formula is C21H25N5O5S. The lowest BCUT2D eigenvalue weighted by molar-refractivity contribution is -0.384. The molecule has 0 bridgehead atoms. The van der Waals surface area contributed by atoms with Crippen molar-refractivity contribution < 1.29 is 18.4 Å². The zero-order chi connectivity index (χ0) is 23.1. The number of aliphatic hydroxyl groups excluding tert-OH is 1. The van der Waals surface area contributed by atoms with Crippen molar-refractivity contribution in [2.24, 2.45) is 5.41 Å². The monoisotopic (exact) mass is 459 g/mol. The van der Waals surface area contributed by atoms with Crippen molar-refractivity contribution in [3.05, 3.63) is 58.4 Å². The van der Waals surface area contributed by atoms with Crippen LogP contribution in [0.1, 0.15) is 25.3 Å². The van der Waals surface area contributed by atoms with Crippen molar-refractivity contribution >= 4 is 32.4 Å². The molecule has 0 aliphatic carbocycles. The van der Waals surface area contributed by atoms with Gasteiger partial charge in [0.2, 0.25) is 0 Å². The maximum Gasteiger partial charge on any atom is 0.312 e. The topological polar surface area (TPSA) is 131 Å². The minimum atomic E-state index is -3.93. The molecule has 3 heterocycles. The third kappa shape index (κ3) is 3.94. The Morgan fingerprint density at radius 3 is 2.47 bits per heavy atom. The van der Waals surface area contributed by atoms with E-state index in [1.807, 2.05) is 18.9 Å². The number of aliphatic hydroxyl groups is 1. The van der Waals surface area contributed by atoms with Crippen LogP contribution in [0.5, 0.6) is 0 Å². The van der Waals surface area contributed by atoms with E-state index < -0.39 is 14.9 Å². The summed E-state index contributed by atoms with van der Waals surface area (Å²) >= 11 is 0. The molecule has 1 aromatic carbocycles. The van der Waals surface area contributed by atoms with Crippen molar-refractivity contribution in [2.75, 3.05) is 25.1 Å². The number of hydrogen-bond acceptors (Lipinski definition) is 8. The van der Waals surface area contributed by atoms with Gasteiger partial charge in [0.25, 0.3) is 10.0 Å². The van der Waals surface area contributed by atoms with Gasteiger partial charge in [0.1, 0.15) is 11.9 Å². The molecule has 0 atom stereocenters. The number of piperidine rings is 1. The normalized spacial score (nSPS) is 16.8. The Labute approximate surface area is 185 Å². The zero-order valence-corrected chi connectivity index (χ0v) is 18.7. The fourth-order valence-electron chi connectivity index (χ4n) is 3.80. The van der Waals surface area contributed by atoms with Crippen molar-refractivity contribution in [2.45, 2.75) is 31.6 Å². The molecule has 1 saturated heterocycles. The molecule has 4 rings (SSSR count). The molecule has 3 aromatic rings. The fourth-order valence-corrected chi connectivity index (χ4v) is 5.10. The van der Waals surface area contributed by atoms with E-state index in [2.05, 4.69) is 10.4 Å². The first-order chi connectivity index (χ1) is 15.1. The highest BCUT2D eigenvalue weighted by atomic mass is 32.2. The van der Waals surface area contributed by atoms with E-state index in [1.165, 1.54) is 24.4 Å². The van der Waals surface area contributed by atoms with Crippen LogP contribution in [0.25, 0.3) is 11.0 Å². The predicted octanol–water partition coefficient (Wildman–Crippen LogP) is 2.91. The van der Waals surface area contributed by atoms with Crippen molar-refractivity contribution in [1.29, 1.82) is 0 Å². The van der Waals surface area contributed by atoms with Gasteiger partial charge in [0, 0.05) is 25.9 Å². The molecule has 170 valence electrons. The maximum absolute atomic E-state index is 13.2. The summed E-state index contributed by atoms with van der Waals surface area (Å²) in [5.41, 5.74) is 3.93. The molecule has 0 spiro atoms. The molecular weight excluding hydrogens is 434 g/mol. The highest BCUT2D eigenvalue weighted by Gasteiger charge is 2.31. The van der Waals surface area contributed by atoms with Crippen LogP contribution in [-0.2, 0) is 10.0 Å². The molecule has 0 unspecified atom stereocenters. The SMILES string of the molecule is Cc1ccc(S(=O)(=O)n2ccc3c(NN4CCC(C)(CO)CC4)c([N+](=O)[O-])cnc32)cc1. The molecule has 2 aromatic heterocycles. The van der Waals surface area contributed by atoms with Gasteiger partial charge in [-0.05, 0) is 43.4 Å². The lowest BCUT2D eigenvalue weighted by atomic mass is 9.82. The van der Waals surface area contributed by atoms with Crippen LogP contribution >= 0.6 is 0 Å². The number of rotatable bonds is 6. The number of aryl methyl sites for hydroxylation is 1. The van der Waals surface area contributed by atoms with Gasteiger partial charge in [-0.25, -0.2) is 22.4 Å². The first kappa shape index (κ1) is 22.2. The highest BCUT2D eigenvalue weighted by molar-refractivity contribution is 7.90. The largest absolute Gasteiger partial charge is 0.396 e. The van der Waals surface area contributed by atoms with E-state index in [0.29, 0.717) is 18.5 Å². The van der Waals surface area contributed by atoms with Crippen LogP contribution in [0, 0.1) is 22.5 Å². The third-order valence-electron chi connectivity index (χ3n) is 6.06. The van der Waals surface area contributed by atoms with Crippen molar-refractivity contribution in [3.63, 3.8) is 0 Å². The van der Waals surface area contributed by atoms with E-state index in [4.69, 9.17) is 0 Å². The summed E-state index contributed by atoms with van der Waals surface area (Å²) in [5.74, 6) is 0. The summed E-state index contributed by atoms with van der Waals surface area (Å²) in [4.78, 5) is 15.3. The number of fused-ring (bicyclic) bond motifs is 1. The first-order valence-corrected chi connectivity index (χ1v) is 11.7. The molecule has 1 aliphatic heterocycles. The molecule has 32 heavy (non-hydrogen) atoms. The smallest absolute Gasteiger partial charge is 0.312 e. The number of aromatic nitrogens is 2. The van der Waals surface area contributed by atoms with Crippen molar-refractivity contribution in [3.8, 4) is 0 Å². The Morgan fingerprint density at radius 1 is 1.22 bits per heavy atom. The Kier molecular flexibility index (Phi) is 5.65. The molecule has 1 aliphatic rings. The first-order valence-electron chi connectivity index (χ1n) is 10.2. The maximum atomic E-state index is 13.2. The molecule has 0 saturated carbocycles.